The van der Waals surface area contributed by atoms with Crippen molar-refractivity contribution in [2.45, 2.75) is 105 Å². The molecule has 6 nitrogen and oxygen atoms in total. The van der Waals surface area contributed by atoms with Crippen LogP contribution in [0, 0.1) is 40.4 Å². The molecule has 4 aliphatic carbocycles. The first-order chi connectivity index (χ1) is 16.7. The van der Waals surface area contributed by atoms with Crippen molar-refractivity contribution in [2.24, 2.45) is 45.5 Å². The third kappa shape index (κ3) is 4.10. The van der Waals surface area contributed by atoms with Crippen molar-refractivity contribution >= 4 is 5.97 Å². The monoisotopic (exact) mass is 481 g/mol. The van der Waals surface area contributed by atoms with Gasteiger partial charge in [0.1, 0.15) is 12.2 Å². The average molecular weight is 482 g/mol. The second-order valence-corrected chi connectivity index (χ2v) is 12.8. The Labute approximate surface area is 210 Å². The Hall–Kier alpha value is -1.94. The zero-order valence-corrected chi connectivity index (χ0v) is 22.3. The fourth-order valence-electron chi connectivity index (χ4n) is 9.19. The normalized spacial score (nSPS) is 42.5. The minimum Gasteiger partial charge on any atom is -0.494 e. The molecule has 9 atom stereocenters. The second-order valence-electron chi connectivity index (χ2n) is 12.8. The van der Waals surface area contributed by atoms with E-state index in [1.54, 1.807) is 5.57 Å². The van der Waals surface area contributed by atoms with E-state index in [9.17, 15) is 4.79 Å². The summed E-state index contributed by atoms with van der Waals surface area (Å²) in [5, 5.41) is 3.74. The predicted octanol–water partition coefficient (Wildman–Crippen LogP) is 7.51. The highest BCUT2D eigenvalue weighted by Crippen LogP contribution is 2.69. The smallest absolute Gasteiger partial charge is 0.302 e. The highest BCUT2D eigenvalue weighted by molar-refractivity contribution is 5.66. The number of esters is 1. The van der Waals surface area contributed by atoms with E-state index in [4.69, 9.17) is 15.0 Å². The summed E-state index contributed by atoms with van der Waals surface area (Å²) >= 11 is 0. The van der Waals surface area contributed by atoms with Gasteiger partial charge in [0.05, 0.1) is 5.76 Å². The summed E-state index contributed by atoms with van der Waals surface area (Å²) in [5.41, 5.74) is 12.2. The van der Waals surface area contributed by atoms with Crippen LogP contribution in [0.25, 0.3) is 10.4 Å². The van der Waals surface area contributed by atoms with Crippen LogP contribution in [0.1, 0.15) is 92.4 Å². The zero-order valence-electron chi connectivity index (χ0n) is 22.3. The molecule has 0 aromatic carbocycles. The summed E-state index contributed by atoms with van der Waals surface area (Å²) in [5.74, 6) is 4.20. The lowest BCUT2D eigenvalue weighted by molar-refractivity contribution is -0.148. The maximum absolute atomic E-state index is 11.5. The Balaban J connectivity index is 1.31. The lowest BCUT2D eigenvalue weighted by atomic mass is 9.47. The molecule has 3 saturated carbocycles. The van der Waals surface area contributed by atoms with Gasteiger partial charge in [0, 0.05) is 37.1 Å². The minimum absolute atomic E-state index is 0.0668. The fourth-order valence-corrected chi connectivity index (χ4v) is 9.19. The molecule has 0 radical (unpaired) electrons. The Morgan fingerprint density at radius 2 is 2.11 bits per heavy atom. The van der Waals surface area contributed by atoms with Crippen molar-refractivity contribution in [1.29, 1.82) is 0 Å². The molecule has 0 aromatic rings. The second kappa shape index (κ2) is 9.18. The largest absolute Gasteiger partial charge is 0.494 e. The van der Waals surface area contributed by atoms with Gasteiger partial charge >= 0.3 is 5.97 Å². The first kappa shape index (κ1) is 24.7. The molecule has 5 aliphatic rings. The Bertz CT molecular complexity index is 982. The molecule has 5 rings (SSSR count). The van der Waals surface area contributed by atoms with E-state index in [0.717, 1.165) is 49.9 Å². The molecule has 0 aromatic heterocycles. The number of azide groups is 1. The van der Waals surface area contributed by atoms with E-state index in [2.05, 4.69) is 43.8 Å². The SMILES string of the molecule is CC(=O)O[C@H]1CC[C@@]2(C)C(=CC[C@H]3[C@@H]4C[C@@H]5OC(CC[C@@H](C)CN=[N+]=[N-])=C(C)[C@@H]5[C@@]4(C)CC[C@@H]32)C1. The van der Waals surface area contributed by atoms with Crippen LogP contribution in [0.2, 0.25) is 0 Å². The molecule has 0 spiro atoms. The third-order valence-corrected chi connectivity index (χ3v) is 10.9. The van der Waals surface area contributed by atoms with Crippen molar-refractivity contribution in [3.8, 4) is 0 Å². The van der Waals surface area contributed by atoms with Gasteiger partial charge in [-0.1, -0.05) is 37.5 Å². The van der Waals surface area contributed by atoms with E-state index < -0.39 is 0 Å². The number of rotatable bonds is 6. The standard InChI is InChI=1S/C29H43N3O3/c1-17(16-31-32-30)6-9-25-18(2)27-26(35-25)15-24-22-8-7-20-14-21(34-19(3)33)10-12-28(20,4)23(22)11-13-29(24,27)5/h7,17,21-24,26-27H,6,8-16H2,1-5H3/t17-,21+,22-,23+,24+,26+,27+,28+,29+/m1/s1. The maximum Gasteiger partial charge on any atom is 0.302 e. The van der Waals surface area contributed by atoms with E-state index in [1.807, 2.05) is 0 Å². The van der Waals surface area contributed by atoms with Crippen molar-refractivity contribution in [3.63, 3.8) is 0 Å². The van der Waals surface area contributed by atoms with Gasteiger partial charge in [0.25, 0.3) is 0 Å². The number of ether oxygens (including phenoxy) is 2. The van der Waals surface area contributed by atoms with Gasteiger partial charge in [0.15, 0.2) is 0 Å². The number of carbonyl (C=O) groups excluding carboxylic acids is 1. The summed E-state index contributed by atoms with van der Waals surface area (Å²) in [6.07, 6.45) is 12.9. The predicted molar refractivity (Wildman–Crippen MR) is 136 cm³/mol. The zero-order chi connectivity index (χ0) is 25.0. The van der Waals surface area contributed by atoms with Gasteiger partial charge in [-0.25, -0.2) is 0 Å². The lowest BCUT2D eigenvalue weighted by Gasteiger charge is -2.58. The molecular weight excluding hydrogens is 438 g/mol. The van der Waals surface area contributed by atoms with Crippen molar-refractivity contribution < 1.29 is 14.3 Å². The maximum atomic E-state index is 11.5. The number of hydrogen-bond donors (Lipinski definition) is 0. The van der Waals surface area contributed by atoms with Crippen LogP contribution in [-0.4, -0.2) is 24.7 Å². The number of nitrogens with zero attached hydrogens (tertiary/aromatic N) is 3. The summed E-state index contributed by atoms with van der Waals surface area (Å²) in [6.45, 7) is 11.7. The van der Waals surface area contributed by atoms with E-state index >= 15 is 0 Å². The van der Waals surface area contributed by atoms with Gasteiger partial charge < -0.3 is 9.47 Å². The van der Waals surface area contributed by atoms with Crippen LogP contribution in [0.4, 0.5) is 0 Å². The Kier molecular flexibility index (Phi) is 6.49. The van der Waals surface area contributed by atoms with Gasteiger partial charge in [-0.3, -0.25) is 4.79 Å². The number of carbonyl (C=O) groups is 1. The quantitative estimate of drug-likeness (QED) is 0.129. The number of fused-ring (bicyclic) bond motifs is 7. The van der Waals surface area contributed by atoms with Gasteiger partial charge in [0.2, 0.25) is 0 Å². The Morgan fingerprint density at radius 3 is 2.86 bits per heavy atom. The topological polar surface area (TPSA) is 84.3 Å². The lowest BCUT2D eigenvalue weighted by Crippen LogP contribution is -2.50. The van der Waals surface area contributed by atoms with Gasteiger partial charge in [-0.05, 0) is 97.5 Å². The highest BCUT2D eigenvalue weighted by Gasteiger charge is 2.63. The van der Waals surface area contributed by atoms with Crippen molar-refractivity contribution in [1.82, 2.24) is 0 Å². The van der Waals surface area contributed by atoms with Crippen LogP contribution < -0.4 is 0 Å². The summed E-state index contributed by atoms with van der Waals surface area (Å²) in [7, 11) is 0. The number of hydrogen-bond acceptors (Lipinski definition) is 4. The molecule has 35 heavy (non-hydrogen) atoms. The van der Waals surface area contributed by atoms with E-state index in [-0.39, 0.29) is 17.5 Å². The van der Waals surface area contributed by atoms with Crippen molar-refractivity contribution in [2.75, 3.05) is 6.54 Å². The summed E-state index contributed by atoms with van der Waals surface area (Å²) in [6, 6.07) is 0. The van der Waals surface area contributed by atoms with E-state index in [1.165, 1.54) is 43.9 Å². The van der Waals surface area contributed by atoms with Crippen LogP contribution in [-0.2, 0) is 14.3 Å². The summed E-state index contributed by atoms with van der Waals surface area (Å²) in [4.78, 5) is 14.4. The molecule has 192 valence electrons. The molecule has 0 N–H and O–H groups in total. The van der Waals surface area contributed by atoms with Crippen LogP contribution in [0.15, 0.2) is 28.1 Å². The molecule has 0 saturated heterocycles. The molecule has 0 amide bonds. The highest BCUT2D eigenvalue weighted by atomic mass is 16.5. The molecule has 0 unspecified atom stereocenters. The first-order valence-electron chi connectivity index (χ1n) is 13.9. The van der Waals surface area contributed by atoms with Crippen LogP contribution in [0.5, 0.6) is 0 Å². The fraction of sp³-hybridized carbons (Fsp3) is 0.828. The summed E-state index contributed by atoms with van der Waals surface area (Å²) < 4.78 is 12.3. The van der Waals surface area contributed by atoms with Crippen LogP contribution in [0.3, 0.4) is 0 Å². The first-order valence-corrected chi connectivity index (χ1v) is 13.9. The molecular formula is C29H43N3O3. The average Bonchev–Trinajstić information content (AvgIpc) is 3.29. The van der Waals surface area contributed by atoms with Crippen molar-refractivity contribution in [3.05, 3.63) is 33.4 Å². The number of allylic oxidation sites excluding steroid dienone is 2. The third-order valence-electron chi connectivity index (χ3n) is 10.9. The van der Waals surface area contributed by atoms with Crippen LogP contribution >= 0.6 is 0 Å². The van der Waals surface area contributed by atoms with Gasteiger partial charge in [-0.15, -0.1) is 0 Å². The van der Waals surface area contributed by atoms with E-state index in [0.29, 0.717) is 29.9 Å². The van der Waals surface area contributed by atoms with Gasteiger partial charge in [-0.2, -0.15) is 0 Å². The Morgan fingerprint density at radius 1 is 1.31 bits per heavy atom. The molecule has 1 heterocycles. The molecule has 6 heteroatoms. The molecule has 3 fully saturated rings. The minimum atomic E-state index is -0.147. The molecule has 1 aliphatic heterocycles. The molecule has 0 bridgehead atoms.